The van der Waals surface area contributed by atoms with Gasteiger partial charge in [0.1, 0.15) is 11.5 Å². The average molecular weight is 929 g/mol. The highest BCUT2D eigenvalue weighted by atomic mass is 28.4. The maximum Gasteiger partial charge on any atom is 0.266 e. The van der Waals surface area contributed by atoms with Crippen molar-refractivity contribution in [2.45, 2.75) is 69.1 Å². The molecular formula is C54H49FN4O8Si. The Bertz CT molecular complexity index is 3030. The van der Waals surface area contributed by atoms with Crippen molar-refractivity contribution in [3.63, 3.8) is 0 Å². The van der Waals surface area contributed by atoms with Crippen LogP contribution in [0.1, 0.15) is 58.0 Å². The van der Waals surface area contributed by atoms with E-state index in [1.54, 1.807) is 105 Å². The minimum atomic E-state index is -3.69. The lowest BCUT2D eigenvalue weighted by Gasteiger charge is -2.32. The van der Waals surface area contributed by atoms with Crippen molar-refractivity contribution in [1.29, 1.82) is 0 Å². The van der Waals surface area contributed by atoms with E-state index in [2.05, 4.69) is 0 Å². The molecular weight excluding hydrogens is 880 g/mol. The second-order valence-electron chi connectivity index (χ2n) is 18.7. The lowest BCUT2D eigenvalue weighted by Crippen LogP contribution is -2.45. The number of anilines is 5. The maximum atomic E-state index is 17.0. The molecule has 0 saturated carbocycles. The summed E-state index contributed by atoms with van der Waals surface area (Å²) in [5.41, 5.74) is 2.08. The fourth-order valence-electron chi connectivity index (χ4n) is 11.2. The Kier molecular flexibility index (Phi) is 10.6. The number of likely N-dealkylation sites (tertiary alicyclic amines) is 1. The van der Waals surface area contributed by atoms with E-state index in [9.17, 15) is 19.5 Å². The second kappa shape index (κ2) is 16.6. The number of rotatable bonds is 8. The van der Waals surface area contributed by atoms with Crippen LogP contribution in [-0.2, 0) is 26.5 Å². The van der Waals surface area contributed by atoms with Crippen LogP contribution in [0.25, 0.3) is 0 Å². The first-order chi connectivity index (χ1) is 32.9. The molecule has 6 aromatic rings. The molecule has 2 saturated heterocycles. The van der Waals surface area contributed by atoms with Gasteiger partial charge in [-0.2, -0.15) is 0 Å². The Hall–Kier alpha value is -7.13. The molecule has 0 radical (unpaired) electrons. The largest absolute Gasteiger partial charge is 0.454 e. The minimum absolute atomic E-state index is 0.0864. The van der Waals surface area contributed by atoms with Crippen molar-refractivity contribution in [3.8, 4) is 23.0 Å². The van der Waals surface area contributed by atoms with Crippen molar-refractivity contribution in [2.75, 3.05) is 27.9 Å². The summed E-state index contributed by atoms with van der Waals surface area (Å²) < 4.78 is 36.6. The highest BCUT2D eigenvalue weighted by Crippen LogP contribution is 2.61. The molecule has 0 unspecified atom stereocenters. The molecule has 12 nitrogen and oxygen atoms in total. The van der Waals surface area contributed by atoms with Gasteiger partial charge in [0.05, 0.1) is 59.9 Å². The van der Waals surface area contributed by atoms with E-state index >= 15 is 8.90 Å². The van der Waals surface area contributed by atoms with Gasteiger partial charge in [-0.1, -0.05) is 67.6 Å². The summed E-state index contributed by atoms with van der Waals surface area (Å²) in [6.45, 7) is 5.43. The van der Waals surface area contributed by atoms with Crippen LogP contribution < -0.4 is 24.2 Å². The third-order valence-corrected chi connectivity index (χ3v) is 16.8. The zero-order valence-corrected chi connectivity index (χ0v) is 38.8. The number of amides is 4. The molecule has 68 heavy (non-hydrogen) atoms. The number of para-hydroxylation sites is 6. The maximum absolute atomic E-state index is 17.0. The number of benzene rings is 6. The van der Waals surface area contributed by atoms with Crippen molar-refractivity contribution < 1.29 is 42.6 Å². The van der Waals surface area contributed by atoms with Gasteiger partial charge in [-0.05, 0) is 110 Å². The lowest BCUT2D eigenvalue weighted by atomic mass is 9.82. The molecule has 0 bridgehead atoms. The molecule has 0 aromatic heterocycles. The van der Waals surface area contributed by atoms with Crippen molar-refractivity contribution in [1.82, 2.24) is 4.90 Å². The van der Waals surface area contributed by atoms with Crippen LogP contribution in [0.3, 0.4) is 0 Å². The Balaban J connectivity index is 1.01. The predicted octanol–water partition coefficient (Wildman–Crippen LogP) is 10.6. The summed E-state index contributed by atoms with van der Waals surface area (Å²) in [4.78, 5) is 65.2. The zero-order chi connectivity index (χ0) is 47.1. The van der Waals surface area contributed by atoms with Gasteiger partial charge >= 0.3 is 0 Å². The Labute approximate surface area is 394 Å². The molecule has 1 spiro atoms. The number of fused-ring (bicyclic) bond motifs is 6. The smallest absolute Gasteiger partial charge is 0.266 e. The first-order valence-corrected chi connectivity index (χ1v) is 26.1. The van der Waals surface area contributed by atoms with E-state index in [1.165, 1.54) is 0 Å². The van der Waals surface area contributed by atoms with E-state index in [0.29, 0.717) is 81.1 Å². The molecule has 5 aliphatic rings. The molecule has 0 aliphatic carbocycles. The topological polar surface area (TPSA) is 129 Å². The van der Waals surface area contributed by atoms with E-state index in [-0.39, 0.29) is 43.3 Å². The van der Waals surface area contributed by atoms with Gasteiger partial charge in [0.25, 0.3) is 17.7 Å². The standard InChI is InChI=1S/C54H49FN4O8Si/c1-33-50(68(2,3)55)48(30-49(61)56-28-12-13-37(56)32-60)67-54(33)40-29-36(59-43-17-7-11-21-47(43)66-45-19-9-5-15-39(45)52(59)63)26-27-41(40)57(53(54)64)31-34-22-24-35(25-23-34)58-42-16-6-10-20-46(42)65-44-18-8-4-14-38(44)51(58)62/h4-11,14-27,29,33,37,48,50,60H,12-13,28,30-32H2,1-3H3/t33-,37-,48+,50-,54+/m0/s1. The summed E-state index contributed by atoms with van der Waals surface area (Å²) in [5.74, 6) is -0.147. The van der Waals surface area contributed by atoms with E-state index < -0.39 is 37.5 Å². The fourth-order valence-corrected chi connectivity index (χ4v) is 13.7. The van der Waals surface area contributed by atoms with Crippen LogP contribution in [0.15, 0.2) is 140 Å². The summed E-state index contributed by atoms with van der Waals surface area (Å²) in [6.07, 6.45) is 0.311. The lowest BCUT2D eigenvalue weighted by molar-refractivity contribution is -0.150. The molecule has 5 atom stereocenters. The fraction of sp³-hybridized carbons (Fsp3) is 0.259. The number of halogens is 1. The Morgan fingerprint density at radius 2 is 1.26 bits per heavy atom. The Morgan fingerprint density at radius 3 is 1.85 bits per heavy atom. The zero-order valence-electron chi connectivity index (χ0n) is 37.8. The second-order valence-corrected chi connectivity index (χ2v) is 22.5. The molecule has 5 heterocycles. The minimum Gasteiger partial charge on any atom is -0.454 e. The molecule has 5 aliphatic heterocycles. The number of nitrogens with zero attached hydrogens (tertiary/aromatic N) is 4. The molecule has 344 valence electrons. The molecule has 2 fully saturated rings. The highest BCUT2D eigenvalue weighted by molar-refractivity contribution is 6.72. The van der Waals surface area contributed by atoms with Gasteiger partial charge in [-0.15, -0.1) is 0 Å². The van der Waals surface area contributed by atoms with Gasteiger partial charge in [0.15, 0.2) is 17.1 Å². The number of ether oxygens (including phenoxy) is 3. The molecule has 4 amide bonds. The first kappa shape index (κ1) is 43.4. The van der Waals surface area contributed by atoms with E-state index in [0.717, 1.165) is 12.0 Å². The summed E-state index contributed by atoms with van der Waals surface area (Å²) in [6, 6.07) is 41.2. The third-order valence-electron chi connectivity index (χ3n) is 14.3. The van der Waals surface area contributed by atoms with Gasteiger partial charge in [0.2, 0.25) is 14.3 Å². The third kappa shape index (κ3) is 6.91. The van der Waals surface area contributed by atoms with Crippen LogP contribution in [0.4, 0.5) is 32.5 Å². The number of hydrogen-bond donors (Lipinski definition) is 1. The Morgan fingerprint density at radius 1 is 0.721 bits per heavy atom. The number of aliphatic hydroxyl groups is 1. The van der Waals surface area contributed by atoms with Crippen LogP contribution in [0, 0.1) is 5.92 Å². The SMILES string of the molecule is C[C@H]1[C@H]([Si](C)(C)F)[C@@H](CC(=O)N2CCC[C@H]2CO)O[C@]12C(=O)N(Cc1ccc(N3C(=O)c4ccccc4Oc4ccccc43)cc1)c1ccc(N3C(=O)c4ccccc4Oc4ccccc43)cc12. The van der Waals surface area contributed by atoms with Crippen LogP contribution >= 0.6 is 0 Å². The highest BCUT2D eigenvalue weighted by Gasteiger charge is 2.67. The van der Waals surface area contributed by atoms with Gasteiger partial charge in [0, 0.05) is 34.9 Å². The summed E-state index contributed by atoms with van der Waals surface area (Å²) in [7, 11) is -3.69. The average Bonchev–Trinajstić information content (AvgIpc) is 3.95. The molecule has 11 rings (SSSR count). The number of carbonyl (C=O) groups is 4. The summed E-state index contributed by atoms with van der Waals surface area (Å²) >= 11 is 0. The van der Waals surface area contributed by atoms with Crippen molar-refractivity contribution in [3.05, 3.63) is 162 Å². The van der Waals surface area contributed by atoms with Gasteiger partial charge in [-0.25, -0.2) is 0 Å². The monoisotopic (exact) mass is 928 g/mol. The number of aliphatic hydroxyl groups excluding tert-OH is 1. The molecule has 14 heteroatoms. The summed E-state index contributed by atoms with van der Waals surface area (Å²) in [5, 5.41) is 10.1. The van der Waals surface area contributed by atoms with Crippen molar-refractivity contribution in [2.24, 2.45) is 5.92 Å². The number of carbonyl (C=O) groups excluding carboxylic acids is 4. The first-order valence-electron chi connectivity index (χ1n) is 23.1. The molecule has 1 N–H and O–H groups in total. The van der Waals surface area contributed by atoms with Crippen LogP contribution in [-0.4, -0.2) is 67.3 Å². The number of hydrogen-bond acceptors (Lipinski definition) is 8. The van der Waals surface area contributed by atoms with Gasteiger partial charge < -0.3 is 33.2 Å². The molecule has 6 aromatic carbocycles. The van der Waals surface area contributed by atoms with Crippen molar-refractivity contribution >= 4 is 60.5 Å². The normalized spacial score (nSPS) is 22.8. The van der Waals surface area contributed by atoms with Crippen LogP contribution in [0.5, 0.6) is 23.0 Å². The quantitative estimate of drug-likeness (QED) is 0.118. The van der Waals surface area contributed by atoms with E-state index in [1.807, 2.05) is 73.7 Å². The predicted molar refractivity (Wildman–Crippen MR) is 257 cm³/mol. The van der Waals surface area contributed by atoms with Gasteiger partial charge in [-0.3, -0.25) is 29.0 Å². The van der Waals surface area contributed by atoms with E-state index in [4.69, 9.17) is 14.2 Å². The van der Waals surface area contributed by atoms with Crippen LogP contribution in [0.2, 0.25) is 18.6 Å².